The van der Waals surface area contributed by atoms with Crippen LogP contribution in [0.3, 0.4) is 0 Å². The first-order valence-electron chi connectivity index (χ1n) is 31.8. The summed E-state index contributed by atoms with van der Waals surface area (Å²) in [5, 5.41) is 0. The summed E-state index contributed by atoms with van der Waals surface area (Å²) >= 11 is 0. The quantitative estimate of drug-likeness (QED) is 0.0343. The first kappa shape index (κ1) is 68.4. The molecule has 0 aliphatic rings. The van der Waals surface area contributed by atoms with E-state index in [-0.39, 0.29) is 17.9 Å². The van der Waals surface area contributed by atoms with Gasteiger partial charge in [-0.15, -0.1) is 0 Å². The molecule has 0 spiro atoms. The van der Waals surface area contributed by atoms with Gasteiger partial charge in [0, 0.05) is 19.3 Å². The Bertz CT molecular complexity index is 1030. The molecule has 3 unspecified atom stereocenters. The van der Waals surface area contributed by atoms with Crippen LogP contribution in [0.2, 0.25) is 0 Å². The van der Waals surface area contributed by atoms with E-state index >= 15 is 0 Å². The van der Waals surface area contributed by atoms with E-state index in [0.717, 1.165) is 57.8 Å². The monoisotopic (exact) mass is 989 g/mol. The maximum Gasteiger partial charge on any atom is 0.305 e. The van der Waals surface area contributed by atoms with Crippen LogP contribution in [0.4, 0.5) is 0 Å². The molecular weight excluding hydrogens is 865 g/mol. The van der Waals surface area contributed by atoms with Crippen LogP contribution in [-0.4, -0.2) is 37.7 Å². The van der Waals surface area contributed by atoms with Gasteiger partial charge in [0.05, 0.1) is 19.8 Å². The second-order valence-electron chi connectivity index (χ2n) is 22.5. The van der Waals surface area contributed by atoms with Gasteiger partial charge in [-0.05, 0) is 81.5 Å². The fourth-order valence-electron chi connectivity index (χ4n) is 10.5. The van der Waals surface area contributed by atoms with Crippen LogP contribution in [0.5, 0.6) is 0 Å². The molecule has 0 aromatic rings. The molecule has 0 aliphatic heterocycles. The van der Waals surface area contributed by atoms with E-state index < -0.39 is 0 Å². The summed E-state index contributed by atoms with van der Waals surface area (Å²) < 4.78 is 17.6. The van der Waals surface area contributed by atoms with Crippen molar-refractivity contribution in [3.63, 3.8) is 0 Å². The highest BCUT2D eigenvalue weighted by Crippen LogP contribution is 2.26. The first-order valence-corrected chi connectivity index (χ1v) is 31.8. The largest absolute Gasteiger partial charge is 0.465 e. The lowest BCUT2D eigenvalue weighted by atomic mass is 9.89. The van der Waals surface area contributed by atoms with Gasteiger partial charge in [-0.3, -0.25) is 14.4 Å². The minimum Gasteiger partial charge on any atom is -0.465 e. The summed E-state index contributed by atoms with van der Waals surface area (Å²) in [6.45, 7) is 15.4. The smallest absolute Gasteiger partial charge is 0.305 e. The first-order chi connectivity index (χ1) is 34.3. The molecule has 0 fully saturated rings. The zero-order valence-electron chi connectivity index (χ0n) is 48.3. The fraction of sp³-hybridized carbons (Fsp3) is 0.953. The van der Waals surface area contributed by atoms with Crippen LogP contribution in [0.1, 0.15) is 350 Å². The Kier molecular flexibility index (Phi) is 53.9. The van der Waals surface area contributed by atoms with Gasteiger partial charge in [0.2, 0.25) is 0 Å². The molecule has 416 valence electrons. The summed E-state index contributed by atoms with van der Waals surface area (Å²) in [5.41, 5.74) is 0. The van der Waals surface area contributed by atoms with Crippen LogP contribution in [0.25, 0.3) is 0 Å². The molecule has 0 amide bonds. The lowest BCUT2D eigenvalue weighted by Crippen LogP contribution is -2.14. The number of carbonyl (C=O) groups excluding carboxylic acids is 3. The average molecular weight is 990 g/mol. The number of rotatable bonds is 57. The summed E-state index contributed by atoms with van der Waals surface area (Å²) in [5.74, 6) is 2.21. The number of unbranched alkanes of at least 4 members (excludes halogenated alkanes) is 27. The molecule has 70 heavy (non-hydrogen) atoms. The third-order valence-corrected chi connectivity index (χ3v) is 15.5. The van der Waals surface area contributed by atoms with E-state index in [1.54, 1.807) is 0 Å². The molecule has 3 atom stereocenters. The molecule has 0 rings (SSSR count). The van der Waals surface area contributed by atoms with Gasteiger partial charge >= 0.3 is 17.9 Å². The SMILES string of the molecule is CCCCCCCCC(CCCCCC)COC(=O)CCCCCC(CCCCCCC(=O)OCC(CCCC)CCCCCC)CCCCCC(=O)OCC(CCCCCC)CCCCCCCC. The molecule has 0 bridgehead atoms. The van der Waals surface area contributed by atoms with Crippen LogP contribution < -0.4 is 0 Å². The van der Waals surface area contributed by atoms with Crippen molar-refractivity contribution in [2.75, 3.05) is 19.8 Å². The second-order valence-corrected chi connectivity index (χ2v) is 22.5. The Balaban J connectivity index is 4.96. The van der Waals surface area contributed by atoms with Crippen LogP contribution in [-0.2, 0) is 28.6 Å². The molecule has 6 nitrogen and oxygen atoms in total. The number of esters is 3. The highest BCUT2D eigenvalue weighted by molar-refractivity contribution is 5.69. The zero-order chi connectivity index (χ0) is 51.2. The molecule has 0 saturated carbocycles. The average Bonchev–Trinajstić information content (AvgIpc) is 3.36. The third kappa shape index (κ3) is 48.7. The second kappa shape index (κ2) is 55.2. The Hall–Kier alpha value is -1.59. The van der Waals surface area contributed by atoms with Gasteiger partial charge in [0.1, 0.15) is 0 Å². The summed E-state index contributed by atoms with van der Waals surface area (Å²) in [6.07, 6.45) is 56.6. The van der Waals surface area contributed by atoms with E-state index in [4.69, 9.17) is 14.2 Å². The van der Waals surface area contributed by atoms with E-state index in [1.807, 2.05) is 0 Å². The van der Waals surface area contributed by atoms with Crippen LogP contribution in [0, 0.1) is 23.7 Å². The molecule has 0 aromatic carbocycles. The van der Waals surface area contributed by atoms with Crippen LogP contribution >= 0.6 is 0 Å². The Morgan fingerprint density at radius 1 is 0.229 bits per heavy atom. The highest BCUT2D eigenvalue weighted by Gasteiger charge is 2.16. The van der Waals surface area contributed by atoms with Crippen LogP contribution in [0.15, 0.2) is 0 Å². The van der Waals surface area contributed by atoms with Crippen molar-refractivity contribution < 1.29 is 28.6 Å². The Morgan fingerprint density at radius 2 is 0.414 bits per heavy atom. The van der Waals surface area contributed by atoms with Crippen molar-refractivity contribution in [1.29, 1.82) is 0 Å². The van der Waals surface area contributed by atoms with Crippen molar-refractivity contribution in [3.05, 3.63) is 0 Å². The fourth-order valence-corrected chi connectivity index (χ4v) is 10.5. The van der Waals surface area contributed by atoms with Crippen molar-refractivity contribution >= 4 is 17.9 Å². The van der Waals surface area contributed by atoms with Gasteiger partial charge in [0.25, 0.3) is 0 Å². The van der Waals surface area contributed by atoms with Gasteiger partial charge < -0.3 is 14.2 Å². The number of hydrogen-bond donors (Lipinski definition) is 0. The van der Waals surface area contributed by atoms with Crippen molar-refractivity contribution in [2.45, 2.75) is 350 Å². The van der Waals surface area contributed by atoms with E-state index in [9.17, 15) is 14.4 Å². The molecule has 0 aliphatic carbocycles. The number of ether oxygens (including phenoxy) is 3. The van der Waals surface area contributed by atoms with E-state index in [0.29, 0.717) is 62.8 Å². The molecule has 0 radical (unpaired) electrons. The van der Waals surface area contributed by atoms with Crippen molar-refractivity contribution in [3.8, 4) is 0 Å². The lowest BCUT2D eigenvalue weighted by molar-refractivity contribution is -0.146. The minimum absolute atomic E-state index is 0.000480. The Morgan fingerprint density at radius 3 is 0.686 bits per heavy atom. The maximum atomic E-state index is 12.9. The predicted molar refractivity (Wildman–Crippen MR) is 302 cm³/mol. The molecule has 0 N–H and O–H groups in total. The standard InChI is InChI=1S/C64H124O6/c1-7-13-19-24-26-36-50-60(48-33-22-16-10-4)56-69-63(66)53-41-30-38-45-58(44-35-28-29-40-52-62(65)68-55-59(43-18-12-6)47-32-21-15-9-3)46-39-31-42-54-64(67)70-57-61(49-34-23-17-11-5)51-37-27-25-20-14-8-2/h58-61H,7-57H2,1-6H3. The highest BCUT2D eigenvalue weighted by atomic mass is 16.5. The van der Waals surface area contributed by atoms with Crippen molar-refractivity contribution in [1.82, 2.24) is 0 Å². The van der Waals surface area contributed by atoms with Gasteiger partial charge in [-0.25, -0.2) is 0 Å². The van der Waals surface area contributed by atoms with Crippen molar-refractivity contribution in [2.24, 2.45) is 23.7 Å². The molecule has 0 saturated heterocycles. The zero-order valence-corrected chi connectivity index (χ0v) is 48.3. The number of hydrogen-bond acceptors (Lipinski definition) is 6. The topological polar surface area (TPSA) is 78.9 Å². The normalized spacial score (nSPS) is 13.3. The van der Waals surface area contributed by atoms with E-state index in [2.05, 4.69) is 41.5 Å². The lowest BCUT2D eigenvalue weighted by Gasteiger charge is -2.18. The molecule has 0 heterocycles. The molecule has 0 aromatic heterocycles. The molecule has 6 heteroatoms. The predicted octanol–water partition coefficient (Wildman–Crippen LogP) is 20.9. The van der Waals surface area contributed by atoms with Gasteiger partial charge in [0.15, 0.2) is 0 Å². The number of carbonyl (C=O) groups is 3. The third-order valence-electron chi connectivity index (χ3n) is 15.5. The Labute approximate surface area is 438 Å². The maximum absolute atomic E-state index is 12.9. The summed E-state index contributed by atoms with van der Waals surface area (Å²) in [4.78, 5) is 38.5. The summed E-state index contributed by atoms with van der Waals surface area (Å²) in [7, 11) is 0. The molecular formula is C64H124O6. The summed E-state index contributed by atoms with van der Waals surface area (Å²) in [6, 6.07) is 0. The van der Waals surface area contributed by atoms with Gasteiger partial charge in [-0.2, -0.15) is 0 Å². The minimum atomic E-state index is -0.00789. The van der Waals surface area contributed by atoms with E-state index in [1.165, 1.54) is 231 Å². The van der Waals surface area contributed by atoms with Gasteiger partial charge in [-0.1, -0.05) is 273 Å².